The van der Waals surface area contributed by atoms with Crippen LogP contribution in [-0.4, -0.2) is 12.2 Å². The maximum absolute atomic E-state index is 9.62. The molecule has 0 bridgehead atoms. The van der Waals surface area contributed by atoms with Crippen molar-refractivity contribution in [3.63, 3.8) is 0 Å². The van der Waals surface area contributed by atoms with Crippen molar-refractivity contribution in [2.24, 2.45) is 0 Å². The summed E-state index contributed by atoms with van der Waals surface area (Å²) in [5, 5.41) is 12.9. The summed E-state index contributed by atoms with van der Waals surface area (Å²) < 4.78 is 7.69. The van der Waals surface area contributed by atoms with Gasteiger partial charge in [0.25, 0.3) is 0 Å². The molecule has 1 aromatic heterocycles. The van der Waals surface area contributed by atoms with Gasteiger partial charge in [-0.2, -0.15) is 0 Å². The monoisotopic (exact) mass is 314 g/mol. The largest absolute Gasteiger partial charge is 0.508 e. The molecule has 3 rings (SSSR count). The van der Waals surface area contributed by atoms with Gasteiger partial charge in [0.2, 0.25) is 0 Å². The molecule has 2 aromatic carbocycles. The van der Waals surface area contributed by atoms with Crippen LogP contribution in [0.2, 0.25) is 0 Å². The highest BCUT2D eigenvalue weighted by Crippen LogP contribution is 2.34. The van der Waals surface area contributed by atoms with Gasteiger partial charge < -0.3 is 9.84 Å². The lowest BCUT2D eigenvalue weighted by Crippen LogP contribution is -1.83. The number of fused-ring (bicyclic) bond motifs is 1. The first kappa shape index (κ1) is 14.0. The number of methoxy groups -OCH3 is 1. The van der Waals surface area contributed by atoms with E-state index in [1.165, 1.54) is 14.3 Å². The highest BCUT2D eigenvalue weighted by Gasteiger charge is 2.00. The molecular weight excluding hydrogens is 300 g/mol. The van der Waals surface area contributed by atoms with Gasteiger partial charge in [0, 0.05) is 10.8 Å². The van der Waals surface area contributed by atoms with E-state index >= 15 is 0 Å². The minimum atomic E-state index is 0.209. The molecule has 21 heavy (non-hydrogen) atoms. The van der Waals surface area contributed by atoms with E-state index in [0.717, 1.165) is 5.56 Å². The first-order valence-electron chi connectivity index (χ1n) is 6.44. The summed E-state index contributed by atoms with van der Waals surface area (Å²) in [5.41, 5.74) is 0.917. The molecule has 0 saturated heterocycles. The number of thioether (sulfide) groups is 1. The predicted octanol–water partition coefficient (Wildman–Crippen LogP) is 5.38. The van der Waals surface area contributed by atoms with Crippen molar-refractivity contribution in [1.82, 2.24) is 0 Å². The van der Waals surface area contributed by atoms with Gasteiger partial charge in [-0.25, -0.2) is 0 Å². The Kier molecular flexibility index (Phi) is 4.18. The van der Waals surface area contributed by atoms with Gasteiger partial charge in [0.15, 0.2) is 0 Å². The fourth-order valence-electron chi connectivity index (χ4n) is 2.02. The van der Waals surface area contributed by atoms with Crippen LogP contribution >= 0.6 is 23.1 Å². The van der Waals surface area contributed by atoms with Crippen LogP contribution in [0, 0.1) is 0 Å². The van der Waals surface area contributed by atoms with Crippen molar-refractivity contribution >= 4 is 39.3 Å². The Labute approximate surface area is 131 Å². The minimum Gasteiger partial charge on any atom is -0.508 e. The van der Waals surface area contributed by atoms with Crippen LogP contribution in [0.1, 0.15) is 5.56 Å². The lowest BCUT2D eigenvalue weighted by Gasteiger charge is -2.02. The van der Waals surface area contributed by atoms with E-state index < -0.39 is 0 Å². The van der Waals surface area contributed by atoms with Gasteiger partial charge >= 0.3 is 0 Å². The number of rotatable bonds is 4. The number of phenols is 1. The molecule has 0 saturated carbocycles. The Bertz CT molecular complexity index is 757. The number of aromatic hydroxyl groups is 1. The summed E-state index contributed by atoms with van der Waals surface area (Å²) in [6, 6.07) is 15.8. The molecule has 0 unspecified atom stereocenters. The van der Waals surface area contributed by atoms with Gasteiger partial charge in [-0.1, -0.05) is 30.0 Å². The predicted molar refractivity (Wildman–Crippen MR) is 91.4 cm³/mol. The standard InChI is InChI=1S/C17H14O2S2/c1-19-15-9-12(8-14(18)11-15)6-7-20-17-10-13-4-2-3-5-16(13)21-17/h2-11,18H,1H3. The third-order valence-electron chi connectivity index (χ3n) is 3.00. The van der Waals surface area contributed by atoms with Crippen molar-refractivity contribution in [2.75, 3.05) is 7.11 Å². The Hall–Kier alpha value is -1.91. The first-order valence-corrected chi connectivity index (χ1v) is 8.14. The van der Waals surface area contributed by atoms with Crippen LogP contribution in [0.4, 0.5) is 0 Å². The molecule has 0 aliphatic rings. The third-order valence-corrected chi connectivity index (χ3v) is 5.07. The molecule has 0 radical (unpaired) electrons. The van der Waals surface area contributed by atoms with E-state index in [-0.39, 0.29) is 5.75 Å². The fourth-order valence-corrected chi connectivity index (χ4v) is 3.99. The van der Waals surface area contributed by atoms with Crippen LogP contribution in [0.5, 0.6) is 11.5 Å². The molecule has 3 aromatic rings. The second-order valence-corrected chi connectivity index (χ2v) is 6.78. The van der Waals surface area contributed by atoms with Crippen molar-refractivity contribution < 1.29 is 9.84 Å². The molecule has 0 fully saturated rings. The Balaban J connectivity index is 1.76. The van der Waals surface area contributed by atoms with Crippen molar-refractivity contribution in [2.45, 2.75) is 4.21 Å². The van der Waals surface area contributed by atoms with Gasteiger partial charge in [0.1, 0.15) is 11.5 Å². The summed E-state index contributed by atoms with van der Waals surface area (Å²) in [7, 11) is 1.59. The smallest absolute Gasteiger partial charge is 0.123 e. The molecule has 0 spiro atoms. The molecule has 0 amide bonds. The molecule has 1 N–H and O–H groups in total. The highest BCUT2D eigenvalue weighted by molar-refractivity contribution is 8.04. The molecule has 106 valence electrons. The summed E-state index contributed by atoms with van der Waals surface area (Å²) in [6.45, 7) is 0. The lowest BCUT2D eigenvalue weighted by atomic mass is 10.2. The van der Waals surface area contributed by atoms with Gasteiger partial charge in [-0.3, -0.25) is 0 Å². The van der Waals surface area contributed by atoms with Crippen molar-refractivity contribution in [3.8, 4) is 11.5 Å². The molecule has 0 atom stereocenters. The summed E-state index contributed by atoms with van der Waals surface area (Å²) >= 11 is 3.46. The summed E-state index contributed by atoms with van der Waals surface area (Å²) in [6.07, 6.45) is 1.97. The minimum absolute atomic E-state index is 0.209. The second kappa shape index (κ2) is 6.24. The van der Waals surface area contributed by atoms with Gasteiger partial charge in [-0.15, -0.1) is 11.3 Å². The summed E-state index contributed by atoms with van der Waals surface area (Å²) in [5.74, 6) is 0.863. The Morgan fingerprint density at radius 2 is 2.00 bits per heavy atom. The van der Waals surface area contributed by atoms with E-state index in [1.54, 1.807) is 42.3 Å². The zero-order chi connectivity index (χ0) is 14.7. The average Bonchev–Trinajstić information content (AvgIpc) is 2.89. The highest BCUT2D eigenvalue weighted by atomic mass is 32.2. The molecule has 0 aliphatic heterocycles. The maximum Gasteiger partial charge on any atom is 0.123 e. The third kappa shape index (κ3) is 3.40. The van der Waals surface area contributed by atoms with Gasteiger partial charge in [0.05, 0.1) is 11.3 Å². The Morgan fingerprint density at radius 1 is 1.14 bits per heavy atom. The lowest BCUT2D eigenvalue weighted by molar-refractivity contribution is 0.407. The molecule has 1 heterocycles. The SMILES string of the molecule is COc1cc(O)cc(C=CSc2cc3ccccc3s2)c1. The van der Waals surface area contributed by atoms with E-state index in [4.69, 9.17) is 4.74 Å². The number of phenolic OH excluding ortho intramolecular Hbond substituents is 1. The Morgan fingerprint density at radius 3 is 2.81 bits per heavy atom. The normalized spacial score (nSPS) is 11.3. The maximum atomic E-state index is 9.62. The number of ether oxygens (including phenoxy) is 1. The van der Waals surface area contributed by atoms with Crippen LogP contribution in [0.3, 0.4) is 0 Å². The number of benzene rings is 2. The summed E-state index contributed by atoms with van der Waals surface area (Å²) in [4.78, 5) is 0. The van der Waals surface area contributed by atoms with Crippen LogP contribution in [-0.2, 0) is 0 Å². The molecule has 2 nitrogen and oxygen atoms in total. The average molecular weight is 314 g/mol. The molecule has 4 heteroatoms. The van der Waals surface area contributed by atoms with E-state index in [1.807, 2.05) is 17.6 Å². The van der Waals surface area contributed by atoms with Gasteiger partial charge in [-0.05, 0) is 46.7 Å². The van der Waals surface area contributed by atoms with Crippen LogP contribution in [0.25, 0.3) is 16.2 Å². The molecule has 0 aliphatic carbocycles. The van der Waals surface area contributed by atoms with Crippen LogP contribution in [0.15, 0.2) is 58.1 Å². The number of hydrogen-bond donors (Lipinski definition) is 1. The van der Waals surface area contributed by atoms with E-state index in [2.05, 4.69) is 30.3 Å². The van der Waals surface area contributed by atoms with E-state index in [9.17, 15) is 5.11 Å². The number of hydrogen-bond acceptors (Lipinski definition) is 4. The number of thiophene rings is 1. The fraction of sp³-hybridized carbons (Fsp3) is 0.0588. The quantitative estimate of drug-likeness (QED) is 0.656. The van der Waals surface area contributed by atoms with Crippen molar-refractivity contribution in [1.29, 1.82) is 0 Å². The zero-order valence-electron chi connectivity index (χ0n) is 11.4. The van der Waals surface area contributed by atoms with Crippen LogP contribution < -0.4 is 4.74 Å². The molecular formula is C17H14O2S2. The van der Waals surface area contributed by atoms with Crippen molar-refractivity contribution in [3.05, 3.63) is 59.5 Å². The zero-order valence-corrected chi connectivity index (χ0v) is 13.1. The van der Waals surface area contributed by atoms with E-state index in [0.29, 0.717) is 5.75 Å². The second-order valence-electron chi connectivity index (χ2n) is 4.49. The topological polar surface area (TPSA) is 29.5 Å². The first-order chi connectivity index (χ1) is 10.2.